The van der Waals surface area contributed by atoms with E-state index in [0.717, 1.165) is 25.9 Å². The Kier molecular flexibility index (Phi) is 5.40. The van der Waals surface area contributed by atoms with E-state index in [1.165, 1.54) is 0 Å². The first-order valence-corrected chi connectivity index (χ1v) is 6.54. The third-order valence-electron chi connectivity index (χ3n) is 3.63. The van der Waals surface area contributed by atoms with Crippen LogP contribution in [0.3, 0.4) is 0 Å². The van der Waals surface area contributed by atoms with Gasteiger partial charge in [-0.25, -0.2) is 0 Å². The average molecular weight is 242 g/mol. The fourth-order valence-corrected chi connectivity index (χ4v) is 2.44. The smallest absolute Gasteiger partial charge is 0.240 e. The van der Waals surface area contributed by atoms with Crippen LogP contribution in [0.15, 0.2) is 0 Å². The summed E-state index contributed by atoms with van der Waals surface area (Å²) in [6, 6.07) is -0.0481. The van der Waals surface area contributed by atoms with Crippen LogP contribution in [0.4, 0.5) is 0 Å². The molecule has 0 radical (unpaired) electrons. The van der Waals surface area contributed by atoms with Crippen molar-refractivity contribution >= 4 is 5.91 Å². The van der Waals surface area contributed by atoms with Crippen LogP contribution in [-0.2, 0) is 9.53 Å². The second kappa shape index (κ2) is 6.36. The summed E-state index contributed by atoms with van der Waals surface area (Å²) in [5, 5.41) is 3.37. The minimum absolute atomic E-state index is 0.0481. The Hall–Kier alpha value is -0.610. The summed E-state index contributed by atoms with van der Waals surface area (Å²) in [5.74, 6) is 0.217. The lowest BCUT2D eigenvalue weighted by molar-refractivity contribution is -0.137. The van der Waals surface area contributed by atoms with E-state index in [0.29, 0.717) is 13.2 Å². The Morgan fingerprint density at radius 1 is 1.53 bits per heavy atom. The van der Waals surface area contributed by atoms with Crippen LogP contribution in [0.1, 0.15) is 33.6 Å². The normalized spacial score (nSPS) is 23.4. The summed E-state index contributed by atoms with van der Waals surface area (Å²) < 4.78 is 5.05. The molecule has 1 fully saturated rings. The SMILES string of the molecule is CCN(CCOC)C(=O)C1NCCCC1(C)C. The zero-order valence-corrected chi connectivity index (χ0v) is 11.6. The molecule has 0 spiro atoms. The van der Waals surface area contributed by atoms with Gasteiger partial charge in [-0.05, 0) is 31.7 Å². The van der Waals surface area contributed by atoms with Crippen LogP contribution >= 0.6 is 0 Å². The van der Waals surface area contributed by atoms with Crippen LogP contribution in [0, 0.1) is 5.41 Å². The maximum absolute atomic E-state index is 12.5. The summed E-state index contributed by atoms with van der Waals surface area (Å²) >= 11 is 0. The summed E-state index contributed by atoms with van der Waals surface area (Å²) in [4.78, 5) is 14.3. The second-order valence-electron chi connectivity index (χ2n) is 5.39. The number of ether oxygens (including phenoxy) is 1. The molecule has 1 atom stereocenters. The number of carbonyl (C=O) groups is 1. The van der Waals surface area contributed by atoms with Gasteiger partial charge in [0.05, 0.1) is 12.6 Å². The molecule has 0 saturated carbocycles. The van der Waals surface area contributed by atoms with Crippen molar-refractivity contribution in [3.05, 3.63) is 0 Å². The van der Waals surface area contributed by atoms with Crippen LogP contribution < -0.4 is 5.32 Å². The Morgan fingerprint density at radius 2 is 2.24 bits per heavy atom. The molecule has 4 heteroatoms. The number of rotatable bonds is 5. The number of piperidine rings is 1. The Labute approximate surface area is 105 Å². The number of likely N-dealkylation sites (N-methyl/N-ethyl adjacent to an activating group) is 1. The highest BCUT2D eigenvalue weighted by Crippen LogP contribution is 2.31. The first kappa shape index (κ1) is 14.5. The number of nitrogens with zero attached hydrogens (tertiary/aromatic N) is 1. The van der Waals surface area contributed by atoms with Crippen LogP contribution in [-0.4, -0.2) is 50.2 Å². The van der Waals surface area contributed by atoms with E-state index in [2.05, 4.69) is 19.2 Å². The van der Waals surface area contributed by atoms with Crippen molar-refractivity contribution in [3.8, 4) is 0 Å². The highest BCUT2D eigenvalue weighted by molar-refractivity contribution is 5.83. The lowest BCUT2D eigenvalue weighted by atomic mass is 9.77. The molecular formula is C13H26N2O2. The average Bonchev–Trinajstić information content (AvgIpc) is 2.29. The molecule has 4 nitrogen and oxygen atoms in total. The molecule has 1 amide bonds. The second-order valence-corrected chi connectivity index (χ2v) is 5.39. The predicted molar refractivity (Wildman–Crippen MR) is 68.9 cm³/mol. The molecule has 1 N–H and O–H groups in total. The van der Waals surface area contributed by atoms with E-state index in [9.17, 15) is 4.79 Å². The number of methoxy groups -OCH3 is 1. The van der Waals surface area contributed by atoms with Gasteiger partial charge >= 0.3 is 0 Å². The van der Waals surface area contributed by atoms with Crippen molar-refractivity contribution in [3.63, 3.8) is 0 Å². The molecule has 1 saturated heterocycles. The Balaban J connectivity index is 2.65. The lowest BCUT2D eigenvalue weighted by Crippen LogP contribution is -2.56. The zero-order chi connectivity index (χ0) is 12.9. The van der Waals surface area contributed by atoms with Gasteiger partial charge in [-0.1, -0.05) is 13.8 Å². The maximum Gasteiger partial charge on any atom is 0.240 e. The number of nitrogens with one attached hydrogen (secondary N) is 1. The van der Waals surface area contributed by atoms with Gasteiger partial charge in [-0.15, -0.1) is 0 Å². The largest absolute Gasteiger partial charge is 0.383 e. The van der Waals surface area contributed by atoms with E-state index < -0.39 is 0 Å². The summed E-state index contributed by atoms with van der Waals surface area (Å²) in [6.45, 7) is 9.34. The molecular weight excluding hydrogens is 216 g/mol. The predicted octanol–water partition coefficient (Wildman–Crippen LogP) is 1.26. The molecule has 100 valence electrons. The van der Waals surface area contributed by atoms with E-state index >= 15 is 0 Å². The molecule has 1 aliphatic rings. The Morgan fingerprint density at radius 3 is 2.76 bits per heavy atom. The van der Waals surface area contributed by atoms with Gasteiger partial charge in [0.15, 0.2) is 0 Å². The molecule has 0 aromatic rings. The molecule has 17 heavy (non-hydrogen) atoms. The van der Waals surface area contributed by atoms with Crippen LogP contribution in [0.25, 0.3) is 0 Å². The molecule has 1 heterocycles. The van der Waals surface area contributed by atoms with E-state index in [1.54, 1.807) is 7.11 Å². The van der Waals surface area contributed by atoms with Gasteiger partial charge < -0.3 is 15.0 Å². The molecule has 1 aliphatic heterocycles. The maximum atomic E-state index is 12.5. The fourth-order valence-electron chi connectivity index (χ4n) is 2.44. The fraction of sp³-hybridized carbons (Fsp3) is 0.923. The van der Waals surface area contributed by atoms with Crippen LogP contribution in [0.2, 0.25) is 0 Å². The number of hydrogen-bond acceptors (Lipinski definition) is 3. The molecule has 1 unspecified atom stereocenters. The molecule has 0 aromatic carbocycles. The van der Waals surface area contributed by atoms with Gasteiger partial charge in [0.2, 0.25) is 5.91 Å². The van der Waals surface area contributed by atoms with E-state index in [-0.39, 0.29) is 17.4 Å². The summed E-state index contributed by atoms with van der Waals surface area (Å²) in [6.07, 6.45) is 2.26. The highest BCUT2D eigenvalue weighted by atomic mass is 16.5. The lowest BCUT2D eigenvalue weighted by Gasteiger charge is -2.40. The summed E-state index contributed by atoms with van der Waals surface area (Å²) in [5.41, 5.74) is 0.0514. The van der Waals surface area contributed by atoms with Crippen molar-refractivity contribution in [1.29, 1.82) is 0 Å². The first-order chi connectivity index (χ1) is 8.03. The number of carbonyl (C=O) groups excluding carboxylic acids is 1. The highest BCUT2D eigenvalue weighted by Gasteiger charge is 2.38. The van der Waals surface area contributed by atoms with Crippen molar-refractivity contribution in [1.82, 2.24) is 10.2 Å². The molecule has 1 rings (SSSR count). The van der Waals surface area contributed by atoms with E-state index in [1.807, 2.05) is 11.8 Å². The standard InChI is InChI=1S/C13H26N2O2/c1-5-15(9-10-17-4)12(16)11-13(2,3)7-6-8-14-11/h11,14H,5-10H2,1-4H3. The van der Waals surface area contributed by atoms with Crippen molar-refractivity contribution < 1.29 is 9.53 Å². The molecule has 0 bridgehead atoms. The number of hydrogen-bond donors (Lipinski definition) is 1. The molecule has 0 aromatic heterocycles. The van der Waals surface area contributed by atoms with Gasteiger partial charge in [0.1, 0.15) is 0 Å². The van der Waals surface area contributed by atoms with Gasteiger partial charge in [0.25, 0.3) is 0 Å². The van der Waals surface area contributed by atoms with Crippen molar-refractivity contribution in [2.75, 3.05) is 33.4 Å². The van der Waals surface area contributed by atoms with Gasteiger partial charge in [0, 0.05) is 20.2 Å². The van der Waals surface area contributed by atoms with Gasteiger partial charge in [-0.2, -0.15) is 0 Å². The zero-order valence-electron chi connectivity index (χ0n) is 11.6. The molecule has 0 aliphatic carbocycles. The summed E-state index contributed by atoms with van der Waals surface area (Å²) in [7, 11) is 1.67. The topological polar surface area (TPSA) is 41.6 Å². The first-order valence-electron chi connectivity index (χ1n) is 6.54. The van der Waals surface area contributed by atoms with Gasteiger partial charge in [-0.3, -0.25) is 4.79 Å². The van der Waals surface area contributed by atoms with Crippen LogP contribution in [0.5, 0.6) is 0 Å². The van der Waals surface area contributed by atoms with Crippen molar-refractivity contribution in [2.45, 2.75) is 39.7 Å². The van der Waals surface area contributed by atoms with E-state index in [4.69, 9.17) is 4.74 Å². The minimum atomic E-state index is -0.0481. The quantitative estimate of drug-likeness (QED) is 0.789. The monoisotopic (exact) mass is 242 g/mol. The third-order valence-corrected chi connectivity index (χ3v) is 3.63. The third kappa shape index (κ3) is 3.68. The number of amides is 1. The Bertz CT molecular complexity index is 254. The van der Waals surface area contributed by atoms with Crippen molar-refractivity contribution in [2.24, 2.45) is 5.41 Å². The minimum Gasteiger partial charge on any atom is -0.383 e.